The van der Waals surface area contributed by atoms with Gasteiger partial charge in [0.1, 0.15) is 23.1 Å². The molecule has 0 aliphatic carbocycles. The summed E-state index contributed by atoms with van der Waals surface area (Å²) in [5.74, 6) is 1.54. The molecule has 2 aromatic heterocycles. The maximum absolute atomic E-state index is 13.5. The summed E-state index contributed by atoms with van der Waals surface area (Å²) >= 11 is 0. The molecule has 0 radical (unpaired) electrons. The molecule has 1 saturated heterocycles. The van der Waals surface area contributed by atoms with E-state index in [4.69, 9.17) is 4.74 Å². The number of rotatable bonds is 6. The van der Waals surface area contributed by atoms with Crippen LogP contribution in [0.15, 0.2) is 48.7 Å². The van der Waals surface area contributed by atoms with Crippen LogP contribution < -0.4 is 15.4 Å². The van der Waals surface area contributed by atoms with Crippen molar-refractivity contribution in [1.82, 2.24) is 25.2 Å². The maximum atomic E-state index is 13.5. The molecule has 0 bridgehead atoms. The second kappa shape index (κ2) is 10.1. The van der Waals surface area contributed by atoms with E-state index in [0.29, 0.717) is 54.6 Å². The Labute approximate surface area is 205 Å². The fourth-order valence-corrected chi connectivity index (χ4v) is 4.20. The van der Waals surface area contributed by atoms with Crippen molar-refractivity contribution in [1.29, 1.82) is 0 Å². The quantitative estimate of drug-likeness (QED) is 0.563. The highest BCUT2D eigenvalue weighted by Gasteiger charge is 2.37. The van der Waals surface area contributed by atoms with Crippen molar-refractivity contribution in [3.63, 3.8) is 0 Å². The summed E-state index contributed by atoms with van der Waals surface area (Å²) in [6.45, 7) is 5.06. The number of anilines is 2. The van der Waals surface area contributed by atoms with Crippen LogP contribution in [0, 0.1) is 6.92 Å². The van der Waals surface area contributed by atoms with E-state index in [2.05, 4.69) is 32.5 Å². The second-order valence-electron chi connectivity index (χ2n) is 8.91. The molecule has 0 atom stereocenters. The van der Waals surface area contributed by atoms with Crippen LogP contribution in [0.4, 0.5) is 11.5 Å². The lowest BCUT2D eigenvalue weighted by Crippen LogP contribution is -2.45. The van der Waals surface area contributed by atoms with Crippen molar-refractivity contribution < 1.29 is 14.3 Å². The molecule has 1 fully saturated rings. The number of piperidine rings is 1. The van der Waals surface area contributed by atoms with E-state index >= 15 is 0 Å². The van der Waals surface area contributed by atoms with E-state index in [1.54, 1.807) is 38.6 Å². The molecular weight excluding hydrogens is 444 g/mol. The molecule has 4 rings (SSSR count). The van der Waals surface area contributed by atoms with E-state index < -0.39 is 0 Å². The third-order valence-corrected chi connectivity index (χ3v) is 6.38. The lowest BCUT2D eigenvalue weighted by atomic mass is 9.79. The smallest absolute Gasteiger partial charge is 0.269 e. The van der Waals surface area contributed by atoms with Crippen LogP contribution in [0.25, 0.3) is 0 Å². The van der Waals surface area contributed by atoms with Crippen molar-refractivity contribution in [3.05, 3.63) is 71.4 Å². The second-order valence-corrected chi connectivity index (χ2v) is 8.91. The van der Waals surface area contributed by atoms with Crippen molar-refractivity contribution in [2.24, 2.45) is 0 Å². The Bertz CT molecular complexity index is 1240. The maximum Gasteiger partial charge on any atom is 0.269 e. The predicted octanol–water partition coefficient (Wildman–Crippen LogP) is 3.49. The number of hydrogen-bond acceptors (Lipinski definition) is 7. The van der Waals surface area contributed by atoms with Gasteiger partial charge in [0.2, 0.25) is 0 Å². The molecule has 2 N–H and O–H groups in total. The predicted molar refractivity (Wildman–Crippen MR) is 133 cm³/mol. The van der Waals surface area contributed by atoms with Gasteiger partial charge in [-0.3, -0.25) is 9.59 Å². The minimum Gasteiger partial charge on any atom is -0.497 e. The molecule has 0 unspecified atom stereocenters. The summed E-state index contributed by atoms with van der Waals surface area (Å²) in [6.07, 6.45) is 3.04. The highest BCUT2D eigenvalue weighted by Crippen LogP contribution is 2.34. The van der Waals surface area contributed by atoms with Gasteiger partial charge in [0.05, 0.1) is 12.7 Å². The van der Waals surface area contributed by atoms with Crippen molar-refractivity contribution in [3.8, 4) is 5.75 Å². The number of methoxy groups -OCH3 is 1. The number of carbonyl (C=O) groups excluding carboxylic acids is 2. The largest absolute Gasteiger partial charge is 0.497 e. The number of hydrogen-bond donors (Lipinski definition) is 2. The SMILES string of the molecule is CNC(=O)c1cc(C)nc(C2(C)CCN(C(=O)c3cccnc3Nc3cccc(OC)c3)CC2)n1. The summed E-state index contributed by atoms with van der Waals surface area (Å²) < 4.78 is 5.29. The summed E-state index contributed by atoms with van der Waals surface area (Å²) in [5, 5.41) is 5.86. The number of ether oxygens (including phenoxy) is 1. The van der Waals surface area contributed by atoms with Gasteiger partial charge in [0.15, 0.2) is 0 Å². The van der Waals surface area contributed by atoms with E-state index in [9.17, 15) is 9.59 Å². The highest BCUT2D eigenvalue weighted by molar-refractivity contribution is 5.99. The zero-order valence-electron chi connectivity index (χ0n) is 20.5. The average molecular weight is 475 g/mol. The van der Waals surface area contributed by atoms with Crippen LogP contribution in [-0.2, 0) is 5.41 Å². The van der Waals surface area contributed by atoms with Gasteiger partial charge in [-0.1, -0.05) is 13.0 Å². The summed E-state index contributed by atoms with van der Waals surface area (Å²) in [7, 11) is 3.20. The molecule has 35 heavy (non-hydrogen) atoms. The first-order valence-electron chi connectivity index (χ1n) is 11.6. The number of aryl methyl sites for hydroxylation is 1. The first-order chi connectivity index (χ1) is 16.8. The van der Waals surface area contributed by atoms with Crippen LogP contribution in [0.1, 0.15) is 52.1 Å². The average Bonchev–Trinajstić information content (AvgIpc) is 2.88. The van der Waals surface area contributed by atoms with E-state index in [0.717, 1.165) is 11.4 Å². The fraction of sp³-hybridized carbons (Fsp3) is 0.346. The van der Waals surface area contributed by atoms with Crippen molar-refractivity contribution in [2.75, 3.05) is 32.6 Å². The zero-order valence-corrected chi connectivity index (χ0v) is 20.5. The Morgan fingerprint density at radius 1 is 1.09 bits per heavy atom. The lowest BCUT2D eigenvalue weighted by molar-refractivity contribution is 0.0671. The van der Waals surface area contributed by atoms with Gasteiger partial charge in [0.25, 0.3) is 11.8 Å². The van der Waals surface area contributed by atoms with Crippen LogP contribution in [-0.4, -0.2) is 58.9 Å². The number of nitrogens with one attached hydrogen (secondary N) is 2. The number of benzene rings is 1. The number of nitrogens with zero attached hydrogens (tertiary/aromatic N) is 4. The standard InChI is InChI=1S/C26H30N6O3/c1-17-15-21(23(33)27-3)31-25(29-17)26(2)10-13-32(14-11-26)24(34)20-9-6-12-28-22(20)30-18-7-5-8-19(16-18)35-4/h5-9,12,15-16H,10-11,13-14H2,1-4H3,(H,27,33)(H,28,30). The van der Waals surface area contributed by atoms with Crippen molar-refractivity contribution in [2.45, 2.75) is 32.1 Å². The Kier molecular flexibility index (Phi) is 6.95. The lowest BCUT2D eigenvalue weighted by Gasteiger charge is -2.38. The Hall–Kier alpha value is -4.01. The van der Waals surface area contributed by atoms with Crippen LogP contribution >= 0.6 is 0 Å². The topological polar surface area (TPSA) is 109 Å². The van der Waals surface area contributed by atoms with Gasteiger partial charge in [0, 0.05) is 49.2 Å². The van der Waals surface area contributed by atoms with Crippen LogP contribution in [0.3, 0.4) is 0 Å². The van der Waals surface area contributed by atoms with Gasteiger partial charge in [-0.15, -0.1) is 0 Å². The highest BCUT2D eigenvalue weighted by atomic mass is 16.5. The number of amides is 2. The number of carbonyl (C=O) groups is 2. The normalized spacial score (nSPS) is 14.8. The van der Waals surface area contributed by atoms with Gasteiger partial charge < -0.3 is 20.3 Å². The number of aromatic nitrogens is 3. The summed E-state index contributed by atoms with van der Waals surface area (Å²) in [6, 6.07) is 12.7. The minimum absolute atomic E-state index is 0.0817. The molecule has 2 amide bonds. The first kappa shape index (κ1) is 24.1. The van der Waals surface area contributed by atoms with Gasteiger partial charge in [-0.05, 0) is 50.1 Å². The molecule has 3 heterocycles. The fourth-order valence-electron chi connectivity index (χ4n) is 4.20. The first-order valence-corrected chi connectivity index (χ1v) is 11.6. The third kappa shape index (κ3) is 5.24. The summed E-state index contributed by atoms with van der Waals surface area (Å²) in [4.78, 5) is 41.0. The van der Waals surface area contributed by atoms with E-state index in [-0.39, 0.29) is 17.2 Å². The molecular formula is C26H30N6O3. The number of pyridine rings is 1. The van der Waals surface area contributed by atoms with Crippen LogP contribution in [0.2, 0.25) is 0 Å². The molecule has 9 nitrogen and oxygen atoms in total. The Morgan fingerprint density at radius 2 is 1.86 bits per heavy atom. The molecule has 0 spiro atoms. The third-order valence-electron chi connectivity index (χ3n) is 6.38. The monoisotopic (exact) mass is 474 g/mol. The van der Waals surface area contributed by atoms with Crippen LogP contribution in [0.5, 0.6) is 5.75 Å². The van der Waals surface area contributed by atoms with Gasteiger partial charge in [-0.2, -0.15) is 0 Å². The Balaban J connectivity index is 1.50. The molecule has 0 saturated carbocycles. The van der Waals surface area contributed by atoms with Crippen molar-refractivity contribution >= 4 is 23.3 Å². The summed E-state index contributed by atoms with van der Waals surface area (Å²) in [5.41, 5.74) is 2.07. The number of likely N-dealkylation sites (tertiary alicyclic amines) is 1. The minimum atomic E-state index is -0.331. The molecule has 182 valence electrons. The van der Waals surface area contributed by atoms with Gasteiger partial charge in [-0.25, -0.2) is 15.0 Å². The molecule has 3 aromatic rings. The molecule has 9 heteroatoms. The molecule has 1 aliphatic heterocycles. The Morgan fingerprint density at radius 3 is 2.57 bits per heavy atom. The molecule has 1 aromatic carbocycles. The van der Waals surface area contributed by atoms with Gasteiger partial charge >= 0.3 is 0 Å². The zero-order chi connectivity index (χ0) is 25.0. The molecule has 1 aliphatic rings. The van der Waals surface area contributed by atoms with E-state index in [1.807, 2.05) is 36.1 Å². The van der Waals surface area contributed by atoms with E-state index in [1.165, 1.54) is 0 Å².